The van der Waals surface area contributed by atoms with Gasteiger partial charge in [-0.3, -0.25) is 4.90 Å². The molecule has 1 N–H and O–H groups in total. The minimum Gasteiger partial charge on any atom is -0.465 e. The summed E-state index contributed by atoms with van der Waals surface area (Å²) in [6.45, 7) is 9.46. The molecule has 0 saturated carbocycles. The first kappa shape index (κ1) is 16.3. The number of aryl methyl sites for hydroxylation is 2. The second kappa shape index (κ2) is 7.32. The Labute approximate surface area is 138 Å². The van der Waals surface area contributed by atoms with Crippen molar-refractivity contribution in [3.05, 3.63) is 41.4 Å². The van der Waals surface area contributed by atoms with Crippen LogP contribution in [0, 0.1) is 19.8 Å². The van der Waals surface area contributed by atoms with E-state index in [1.165, 1.54) is 31.6 Å². The standard InChI is InChI=1S/C18H28N4O/c1-14-4-5-17(23-14)11-22-8-6-16(7-9-22)10-21(3)12-18-15(2)19-13-20-18/h4-5,13,16H,6-12H2,1-3H3,(H,19,20). The van der Waals surface area contributed by atoms with Gasteiger partial charge in [0.2, 0.25) is 0 Å². The third kappa shape index (κ3) is 4.45. The molecule has 1 aliphatic heterocycles. The molecule has 126 valence electrons. The largest absolute Gasteiger partial charge is 0.465 e. The second-order valence-corrected chi connectivity index (χ2v) is 6.90. The lowest BCUT2D eigenvalue weighted by Crippen LogP contribution is -2.37. The predicted molar refractivity (Wildman–Crippen MR) is 91.1 cm³/mol. The molecule has 0 aliphatic carbocycles. The van der Waals surface area contributed by atoms with Crippen molar-refractivity contribution in [2.24, 2.45) is 5.92 Å². The minimum absolute atomic E-state index is 0.786. The van der Waals surface area contributed by atoms with Gasteiger partial charge in [0.25, 0.3) is 0 Å². The van der Waals surface area contributed by atoms with Crippen LogP contribution in [-0.4, -0.2) is 46.4 Å². The van der Waals surface area contributed by atoms with Crippen LogP contribution in [0.1, 0.15) is 35.7 Å². The van der Waals surface area contributed by atoms with Crippen molar-refractivity contribution in [2.75, 3.05) is 26.7 Å². The number of furan rings is 1. The van der Waals surface area contributed by atoms with Crippen LogP contribution < -0.4 is 0 Å². The van der Waals surface area contributed by atoms with Crippen molar-refractivity contribution in [3.8, 4) is 0 Å². The molecule has 0 unspecified atom stereocenters. The number of aromatic nitrogens is 2. The van der Waals surface area contributed by atoms with Crippen LogP contribution in [-0.2, 0) is 13.1 Å². The average Bonchev–Trinajstić information content (AvgIpc) is 3.10. The lowest BCUT2D eigenvalue weighted by atomic mass is 9.96. The predicted octanol–water partition coefficient (Wildman–Crippen LogP) is 2.96. The normalized spacial score (nSPS) is 17.2. The number of piperidine rings is 1. The molecule has 0 aromatic carbocycles. The van der Waals surface area contributed by atoms with E-state index in [2.05, 4.69) is 39.8 Å². The zero-order valence-corrected chi connectivity index (χ0v) is 14.5. The fraction of sp³-hybridized carbons (Fsp3) is 0.611. The zero-order valence-electron chi connectivity index (χ0n) is 14.5. The number of hydrogen-bond donors (Lipinski definition) is 1. The highest BCUT2D eigenvalue weighted by Crippen LogP contribution is 2.21. The van der Waals surface area contributed by atoms with E-state index in [0.29, 0.717) is 0 Å². The van der Waals surface area contributed by atoms with Gasteiger partial charge in [0, 0.05) is 18.8 Å². The molecule has 3 heterocycles. The van der Waals surface area contributed by atoms with Gasteiger partial charge in [0.15, 0.2) is 0 Å². The summed E-state index contributed by atoms with van der Waals surface area (Å²) in [5.41, 5.74) is 2.35. The number of hydrogen-bond acceptors (Lipinski definition) is 4. The van der Waals surface area contributed by atoms with Gasteiger partial charge in [-0.25, -0.2) is 4.98 Å². The summed E-state index contributed by atoms with van der Waals surface area (Å²) in [7, 11) is 2.20. The quantitative estimate of drug-likeness (QED) is 0.890. The maximum absolute atomic E-state index is 5.69. The van der Waals surface area contributed by atoms with Gasteiger partial charge in [0.1, 0.15) is 11.5 Å². The molecule has 5 heteroatoms. The van der Waals surface area contributed by atoms with Crippen molar-refractivity contribution >= 4 is 0 Å². The number of H-pyrrole nitrogens is 1. The summed E-state index contributed by atoms with van der Waals surface area (Å²) < 4.78 is 5.69. The summed E-state index contributed by atoms with van der Waals surface area (Å²) in [5.74, 6) is 2.88. The van der Waals surface area contributed by atoms with Crippen LogP contribution in [0.2, 0.25) is 0 Å². The number of likely N-dealkylation sites (tertiary alicyclic amines) is 1. The number of imidazole rings is 1. The summed E-state index contributed by atoms with van der Waals surface area (Å²) >= 11 is 0. The van der Waals surface area contributed by atoms with E-state index in [4.69, 9.17) is 4.42 Å². The number of nitrogens with one attached hydrogen (secondary N) is 1. The highest BCUT2D eigenvalue weighted by Gasteiger charge is 2.21. The third-order valence-electron chi connectivity index (χ3n) is 4.81. The number of aromatic amines is 1. The first-order chi connectivity index (χ1) is 11.1. The monoisotopic (exact) mass is 316 g/mol. The van der Waals surface area contributed by atoms with Crippen LogP contribution in [0.15, 0.2) is 22.9 Å². The summed E-state index contributed by atoms with van der Waals surface area (Å²) in [6, 6.07) is 4.15. The van der Waals surface area contributed by atoms with Crippen LogP contribution in [0.3, 0.4) is 0 Å². The van der Waals surface area contributed by atoms with Crippen molar-refractivity contribution < 1.29 is 4.42 Å². The Balaban J connectivity index is 1.41. The average molecular weight is 316 g/mol. The number of rotatable bonds is 6. The van der Waals surface area contributed by atoms with Crippen LogP contribution >= 0.6 is 0 Å². The van der Waals surface area contributed by atoms with Gasteiger partial charge >= 0.3 is 0 Å². The molecule has 3 rings (SSSR count). The minimum atomic E-state index is 0.786. The molecule has 0 spiro atoms. The van der Waals surface area contributed by atoms with Crippen LogP contribution in [0.25, 0.3) is 0 Å². The molecule has 1 fully saturated rings. The van der Waals surface area contributed by atoms with E-state index in [1.807, 2.05) is 13.0 Å². The first-order valence-corrected chi connectivity index (χ1v) is 8.55. The Morgan fingerprint density at radius 2 is 2.09 bits per heavy atom. The highest BCUT2D eigenvalue weighted by molar-refractivity contribution is 5.08. The van der Waals surface area contributed by atoms with Gasteiger partial charge in [0.05, 0.1) is 18.6 Å². The Hall–Kier alpha value is -1.59. The molecule has 0 atom stereocenters. The van der Waals surface area contributed by atoms with E-state index < -0.39 is 0 Å². The Kier molecular flexibility index (Phi) is 5.18. The molecule has 1 aliphatic rings. The second-order valence-electron chi connectivity index (χ2n) is 6.90. The van der Waals surface area contributed by atoms with Gasteiger partial charge in [-0.15, -0.1) is 0 Å². The maximum atomic E-state index is 5.69. The smallest absolute Gasteiger partial charge is 0.118 e. The van der Waals surface area contributed by atoms with E-state index >= 15 is 0 Å². The van der Waals surface area contributed by atoms with Crippen LogP contribution in [0.5, 0.6) is 0 Å². The molecule has 2 aromatic heterocycles. The Morgan fingerprint density at radius 1 is 1.30 bits per heavy atom. The van der Waals surface area contributed by atoms with Gasteiger partial charge in [-0.2, -0.15) is 0 Å². The molecule has 23 heavy (non-hydrogen) atoms. The fourth-order valence-electron chi connectivity index (χ4n) is 3.43. The Bertz CT molecular complexity index is 610. The molecule has 0 bridgehead atoms. The van der Waals surface area contributed by atoms with Crippen molar-refractivity contribution in [3.63, 3.8) is 0 Å². The molecule has 2 aromatic rings. The maximum Gasteiger partial charge on any atom is 0.118 e. The van der Waals surface area contributed by atoms with E-state index in [-0.39, 0.29) is 0 Å². The van der Waals surface area contributed by atoms with Gasteiger partial charge in [-0.1, -0.05) is 0 Å². The fourth-order valence-corrected chi connectivity index (χ4v) is 3.43. The number of nitrogens with zero attached hydrogens (tertiary/aromatic N) is 3. The van der Waals surface area contributed by atoms with E-state index in [9.17, 15) is 0 Å². The topological polar surface area (TPSA) is 48.3 Å². The first-order valence-electron chi connectivity index (χ1n) is 8.55. The van der Waals surface area contributed by atoms with Crippen molar-refractivity contribution in [1.29, 1.82) is 0 Å². The van der Waals surface area contributed by atoms with E-state index in [1.54, 1.807) is 6.33 Å². The molecular weight excluding hydrogens is 288 g/mol. The van der Waals surface area contributed by atoms with Gasteiger partial charge in [-0.05, 0) is 64.9 Å². The third-order valence-corrected chi connectivity index (χ3v) is 4.81. The molecule has 5 nitrogen and oxygen atoms in total. The van der Waals surface area contributed by atoms with Crippen molar-refractivity contribution in [2.45, 2.75) is 39.8 Å². The Morgan fingerprint density at radius 3 is 2.70 bits per heavy atom. The van der Waals surface area contributed by atoms with Crippen molar-refractivity contribution in [1.82, 2.24) is 19.8 Å². The summed E-state index contributed by atoms with van der Waals surface area (Å²) in [5, 5.41) is 0. The molecule has 0 amide bonds. The van der Waals surface area contributed by atoms with E-state index in [0.717, 1.165) is 42.8 Å². The zero-order chi connectivity index (χ0) is 16.2. The highest BCUT2D eigenvalue weighted by atomic mass is 16.3. The molecule has 1 saturated heterocycles. The summed E-state index contributed by atoms with van der Waals surface area (Å²) in [4.78, 5) is 12.5. The van der Waals surface area contributed by atoms with Crippen LogP contribution in [0.4, 0.5) is 0 Å². The lowest BCUT2D eigenvalue weighted by molar-refractivity contribution is 0.139. The molecule has 0 radical (unpaired) electrons. The SMILES string of the molecule is Cc1ccc(CN2CCC(CN(C)Cc3nc[nH]c3C)CC2)o1. The van der Waals surface area contributed by atoms with Gasteiger partial charge < -0.3 is 14.3 Å². The molecular formula is C18H28N4O. The summed E-state index contributed by atoms with van der Waals surface area (Å²) in [6.07, 6.45) is 4.32. The lowest BCUT2D eigenvalue weighted by Gasteiger charge is -2.33.